The largest absolute Gasteiger partial charge is 0.573 e. The number of piperidine rings is 1. The molecule has 2 bridgehead atoms. The first-order chi connectivity index (χ1) is 13.8. The normalized spacial score (nSPS) is 24.0. The summed E-state index contributed by atoms with van der Waals surface area (Å²) in [5, 5.41) is 11.4. The summed E-state index contributed by atoms with van der Waals surface area (Å²) in [5.74, 6) is 1.39. The second-order valence-electron chi connectivity index (χ2n) is 7.81. The Morgan fingerprint density at radius 2 is 1.86 bits per heavy atom. The molecule has 1 aliphatic carbocycles. The fraction of sp³-hybridized carbons (Fsp3) is 0.579. The van der Waals surface area contributed by atoms with Crippen LogP contribution in [-0.4, -0.2) is 40.3 Å². The predicted molar refractivity (Wildman–Crippen MR) is 100 cm³/mol. The highest BCUT2D eigenvalue weighted by molar-refractivity contribution is 5.36. The van der Waals surface area contributed by atoms with Crippen molar-refractivity contribution in [2.75, 3.05) is 18.4 Å². The topological polar surface area (TPSA) is 73.2 Å². The lowest BCUT2D eigenvalue weighted by atomic mass is 9.94. The van der Waals surface area contributed by atoms with Gasteiger partial charge < -0.3 is 20.1 Å². The van der Waals surface area contributed by atoms with Gasteiger partial charge in [-0.3, -0.25) is 0 Å². The average Bonchev–Trinajstić information content (AvgIpc) is 3.10. The molecule has 1 saturated heterocycles. The van der Waals surface area contributed by atoms with Gasteiger partial charge in [0.1, 0.15) is 11.5 Å². The van der Waals surface area contributed by atoms with Gasteiger partial charge in [-0.2, -0.15) is 4.98 Å². The minimum Gasteiger partial charge on any atom is -0.424 e. The van der Waals surface area contributed by atoms with E-state index in [1.807, 2.05) is 13.8 Å². The number of anilines is 1. The summed E-state index contributed by atoms with van der Waals surface area (Å²) >= 11 is 0. The fourth-order valence-electron chi connectivity index (χ4n) is 4.09. The van der Waals surface area contributed by atoms with Crippen LogP contribution in [0.1, 0.15) is 32.7 Å². The number of fused-ring (bicyclic) bond motifs is 2. The van der Waals surface area contributed by atoms with E-state index in [0.717, 1.165) is 13.1 Å². The third-order valence-electron chi connectivity index (χ3n) is 5.37. The van der Waals surface area contributed by atoms with Gasteiger partial charge in [-0.15, -0.1) is 18.3 Å². The predicted octanol–water partition coefficient (Wildman–Crippen LogP) is 3.96. The van der Waals surface area contributed by atoms with E-state index in [1.165, 1.54) is 31.0 Å². The van der Waals surface area contributed by atoms with Crippen molar-refractivity contribution in [1.29, 1.82) is 0 Å². The molecule has 3 atom stereocenters. The molecule has 1 unspecified atom stereocenters. The molecule has 1 saturated carbocycles. The van der Waals surface area contributed by atoms with Gasteiger partial charge in [0.15, 0.2) is 0 Å². The van der Waals surface area contributed by atoms with E-state index >= 15 is 0 Å². The van der Waals surface area contributed by atoms with Crippen molar-refractivity contribution in [2.45, 2.75) is 45.1 Å². The summed E-state index contributed by atoms with van der Waals surface area (Å²) in [6.07, 6.45) is -2.41. The zero-order valence-corrected chi connectivity index (χ0v) is 16.2. The number of hydrogen-bond donors (Lipinski definition) is 2. The molecule has 1 aromatic heterocycles. The second kappa shape index (κ2) is 7.74. The van der Waals surface area contributed by atoms with E-state index in [2.05, 4.69) is 25.5 Å². The molecule has 10 heteroatoms. The Morgan fingerprint density at radius 1 is 1.17 bits per heavy atom. The number of aromatic nitrogens is 3. The van der Waals surface area contributed by atoms with Crippen LogP contribution in [0.3, 0.4) is 0 Å². The number of halogens is 3. The molecule has 2 N–H and O–H groups in total. The monoisotopic (exact) mass is 411 g/mol. The Labute approximate surface area is 166 Å². The minimum atomic E-state index is -4.76. The smallest absolute Gasteiger partial charge is 0.424 e. The third-order valence-corrected chi connectivity index (χ3v) is 5.37. The Morgan fingerprint density at radius 3 is 2.52 bits per heavy atom. The number of nitrogens with zero attached hydrogens (tertiary/aromatic N) is 3. The van der Waals surface area contributed by atoms with Gasteiger partial charge in [-0.1, -0.05) is 6.07 Å². The summed E-state index contributed by atoms with van der Waals surface area (Å²) in [4.78, 5) is 4.46. The van der Waals surface area contributed by atoms with Crippen LogP contribution < -0.4 is 20.1 Å². The van der Waals surface area contributed by atoms with Crippen molar-refractivity contribution in [1.82, 2.24) is 20.1 Å². The van der Waals surface area contributed by atoms with Crippen LogP contribution in [0.4, 0.5) is 19.1 Å². The highest BCUT2D eigenvalue weighted by atomic mass is 19.4. The van der Waals surface area contributed by atoms with Gasteiger partial charge in [0.2, 0.25) is 5.95 Å². The van der Waals surface area contributed by atoms with Crippen LogP contribution in [0.15, 0.2) is 24.3 Å². The Hall–Kier alpha value is -2.49. The van der Waals surface area contributed by atoms with Crippen LogP contribution >= 0.6 is 0 Å². The summed E-state index contributed by atoms with van der Waals surface area (Å²) in [5.41, 5.74) is 0. The lowest BCUT2D eigenvalue weighted by Gasteiger charge is -2.30. The molecule has 1 aliphatic heterocycles. The van der Waals surface area contributed by atoms with E-state index in [4.69, 9.17) is 4.74 Å². The van der Waals surface area contributed by atoms with Crippen molar-refractivity contribution in [3.63, 3.8) is 0 Å². The molecule has 2 aromatic rings. The zero-order valence-electron chi connectivity index (χ0n) is 16.2. The number of hydrogen-bond acceptors (Lipinski definition) is 6. The number of ether oxygens (including phenoxy) is 2. The molecule has 7 nitrogen and oxygen atoms in total. The molecule has 1 aromatic carbocycles. The van der Waals surface area contributed by atoms with Gasteiger partial charge in [-0.25, -0.2) is 4.68 Å². The minimum absolute atomic E-state index is 0.0348. The van der Waals surface area contributed by atoms with Crippen LogP contribution in [0, 0.1) is 11.8 Å². The zero-order chi connectivity index (χ0) is 20.6. The molecule has 0 amide bonds. The van der Waals surface area contributed by atoms with Gasteiger partial charge in [-0.05, 0) is 63.7 Å². The first-order valence-corrected chi connectivity index (χ1v) is 9.76. The van der Waals surface area contributed by atoms with Gasteiger partial charge in [0.25, 0.3) is 0 Å². The molecule has 2 aliphatic rings. The summed E-state index contributed by atoms with van der Waals surface area (Å²) in [6.45, 7) is 5.83. The maximum atomic E-state index is 12.5. The Bertz CT molecular complexity index is 839. The average molecular weight is 411 g/mol. The number of rotatable bonds is 6. The van der Waals surface area contributed by atoms with Gasteiger partial charge in [0, 0.05) is 12.1 Å². The maximum Gasteiger partial charge on any atom is 0.573 e. The van der Waals surface area contributed by atoms with Crippen LogP contribution in [-0.2, 0) is 0 Å². The summed E-state index contributed by atoms with van der Waals surface area (Å²) in [7, 11) is 0. The number of benzene rings is 1. The SMILES string of the molecule is CC(C)n1nc(NC2[C@@H]3CC[C@H]2CNC3)nc1Oc1cccc(OC(F)(F)F)c1. The molecule has 4 rings (SSSR count). The molecule has 158 valence electrons. The van der Waals surface area contributed by atoms with Crippen LogP contribution in [0.25, 0.3) is 0 Å². The molecule has 2 fully saturated rings. The lowest BCUT2D eigenvalue weighted by Crippen LogP contribution is -2.45. The molecular formula is C19H24F3N5O2. The number of nitrogens with one attached hydrogen (secondary N) is 2. The van der Waals surface area contributed by atoms with Crippen molar-refractivity contribution < 1.29 is 22.6 Å². The lowest BCUT2D eigenvalue weighted by molar-refractivity contribution is -0.274. The van der Waals surface area contributed by atoms with E-state index in [9.17, 15) is 13.2 Å². The summed E-state index contributed by atoms with van der Waals surface area (Å²) in [6, 6.07) is 5.86. The van der Waals surface area contributed by atoms with Crippen molar-refractivity contribution >= 4 is 5.95 Å². The van der Waals surface area contributed by atoms with Crippen molar-refractivity contribution in [3.8, 4) is 17.5 Å². The molecule has 0 spiro atoms. The molecule has 29 heavy (non-hydrogen) atoms. The maximum absolute atomic E-state index is 12.5. The highest BCUT2D eigenvalue weighted by Crippen LogP contribution is 2.36. The fourth-order valence-corrected chi connectivity index (χ4v) is 4.09. The molecular weight excluding hydrogens is 387 g/mol. The molecule has 2 heterocycles. The van der Waals surface area contributed by atoms with Crippen molar-refractivity contribution in [3.05, 3.63) is 24.3 Å². The first-order valence-electron chi connectivity index (χ1n) is 9.76. The Balaban J connectivity index is 1.52. The third kappa shape index (κ3) is 4.58. The standard InChI is InChI=1S/C19H24F3N5O2/c1-11(2)27-18(28-14-4-3-5-15(8-14)29-19(20,21)22)25-17(26-27)24-16-12-6-7-13(16)10-23-9-12/h3-5,8,11-13,16,23H,6-7,9-10H2,1-2H3,(H,24,26)/t12-,13+,16?. The highest BCUT2D eigenvalue weighted by Gasteiger charge is 2.39. The van der Waals surface area contributed by atoms with Crippen LogP contribution in [0.5, 0.6) is 17.5 Å². The van der Waals surface area contributed by atoms with E-state index in [0.29, 0.717) is 23.8 Å². The quantitative estimate of drug-likeness (QED) is 0.750. The van der Waals surface area contributed by atoms with E-state index in [1.54, 1.807) is 10.7 Å². The number of alkyl halides is 3. The molecule has 0 radical (unpaired) electrons. The van der Waals surface area contributed by atoms with Crippen LogP contribution in [0.2, 0.25) is 0 Å². The second-order valence-corrected chi connectivity index (χ2v) is 7.81. The van der Waals surface area contributed by atoms with Crippen molar-refractivity contribution in [2.24, 2.45) is 11.8 Å². The van der Waals surface area contributed by atoms with Gasteiger partial charge in [0.05, 0.1) is 6.04 Å². The first kappa shape index (κ1) is 19.8. The van der Waals surface area contributed by atoms with Gasteiger partial charge >= 0.3 is 12.4 Å². The summed E-state index contributed by atoms with van der Waals surface area (Å²) < 4.78 is 48.7. The van der Waals surface area contributed by atoms with E-state index < -0.39 is 6.36 Å². The Kier molecular flexibility index (Phi) is 5.28. The van der Waals surface area contributed by atoms with E-state index in [-0.39, 0.29) is 23.6 Å².